The van der Waals surface area contributed by atoms with Gasteiger partial charge in [-0.05, 0) is 13.3 Å². The number of hydrogen-bond acceptors (Lipinski definition) is 4. The van der Waals surface area contributed by atoms with Crippen molar-refractivity contribution in [2.75, 3.05) is 5.73 Å². The molecule has 0 bridgehead atoms. The fourth-order valence-electron chi connectivity index (χ4n) is 2.23. The molecule has 0 fully saturated rings. The van der Waals surface area contributed by atoms with Crippen molar-refractivity contribution < 1.29 is 0 Å². The van der Waals surface area contributed by atoms with Crippen LogP contribution < -0.4 is 5.73 Å². The molecule has 2 rings (SSSR count). The highest BCUT2D eigenvalue weighted by Crippen LogP contribution is 2.11. The fourth-order valence-corrected chi connectivity index (χ4v) is 2.23. The molecule has 0 unspecified atom stereocenters. The molecule has 2 N–H and O–H groups in total. The van der Waals surface area contributed by atoms with E-state index >= 15 is 0 Å². The van der Waals surface area contributed by atoms with Gasteiger partial charge in [0.15, 0.2) is 5.82 Å². The van der Waals surface area contributed by atoms with E-state index in [1.807, 2.05) is 13.0 Å². The Morgan fingerprint density at radius 1 is 1.11 bits per heavy atom. The van der Waals surface area contributed by atoms with E-state index in [0.29, 0.717) is 11.6 Å². The molecular weight excluding hydrogens is 238 g/mol. The number of aromatic nitrogens is 4. The van der Waals surface area contributed by atoms with Crippen LogP contribution in [0.5, 0.6) is 0 Å². The minimum Gasteiger partial charge on any atom is -0.383 e. The van der Waals surface area contributed by atoms with Crippen molar-refractivity contribution in [3.63, 3.8) is 0 Å². The predicted molar refractivity (Wildman–Crippen MR) is 77.0 cm³/mol. The number of nitrogen functional groups attached to an aromatic ring is 1. The topological polar surface area (TPSA) is 69.1 Å². The summed E-state index contributed by atoms with van der Waals surface area (Å²) < 4.78 is 1.62. The van der Waals surface area contributed by atoms with Gasteiger partial charge in [-0.25, -0.2) is 4.98 Å². The quantitative estimate of drug-likeness (QED) is 0.778. The number of nitrogens with zero attached hydrogens (tertiary/aromatic N) is 4. The van der Waals surface area contributed by atoms with Gasteiger partial charge < -0.3 is 5.73 Å². The number of nitrogens with two attached hydrogens (primary N) is 1. The second-order valence-corrected chi connectivity index (χ2v) is 5.08. The minimum absolute atomic E-state index is 0.601. The predicted octanol–water partition coefficient (Wildman–Crippen LogP) is 2.92. The Labute approximate surface area is 114 Å². The van der Waals surface area contributed by atoms with Crippen LogP contribution in [0.1, 0.15) is 57.0 Å². The normalized spacial score (nSPS) is 11.3. The maximum Gasteiger partial charge on any atom is 0.254 e. The van der Waals surface area contributed by atoms with Crippen molar-refractivity contribution in [1.29, 1.82) is 0 Å². The number of aryl methyl sites for hydroxylation is 2. The first-order chi connectivity index (χ1) is 9.20. The molecule has 0 saturated heterocycles. The van der Waals surface area contributed by atoms with Gasteiger partial charge in [-0.15, -0.1) is 5.10 Å². The molecule has 0 radical (unpaired) electrons. The molecule has 0 aromatic carbocycles. The molecule has 2 heterocycles. The zero-order valence-electron chi connectivity index (χ0n) is 11.9. The molecule has 0 amide bonds. The van der Waals surface area contributed by atoms with Gasteiger partial charge in [-0.1, -0.05) is 39.0 Å². The van der Waals surface area contributed by atoms with E-state index in [0.717, 1.165) is 24.4 Å². The van der Waals surface area contributed by atoms with Crippen molar-refractivity contribution in [3.05, 3.63) is 17.6 Å². The van der Waals surface area contributed by atoms with Crippen LogP contribution in [0.2, 0.25) is 0 Å². The van der Waals surface area contributed by atoms with Gasteiger partial charge >= 0.3 is 0 Å². The largest absolute Gasteiger partial charge is 0.383 e. The number of hydrogen-bond donors (Lipinski definition) is 1. The molecule has 0 saturated carbocycles. The molecule has 5 heteroatoms. The van der Waals surface area contributed by atoms with Crippen molar-refractivity contribution in [3.8, 4) is 0 Å². The van der Waals surface area contributed by atoms with Gasteiger partial charge in [0.05, 0.1) is 0 Å². The van der Waals surface area contributed by atoms with Crippen molar-refractivity contribution in [2.45, 2.75) is 58.8 Å². The molecule has 104 valence electrons. The van der Waals surface area contributed by atoms with E-state index in [4.69, 9.17) is 5.73 Å². The summed E-state index contributed by atoms with van der Waals surface area (Å²) in [5.41, 5.74) is 6.78. The van der Waals surface area contributed by atoms with Crippen LogP contribution in [0.4, 0.5) is 5.82 Å². The standard InChI is InChI=1S/C14H23N5/c1-3-4-5-6-7-8-9-13-17-14-16-11(2)10-12(15)19(14)18-13/h10H,3-9,15H2,1-2H3. The molecule has 0 spiro atoms. The Kier molecular flexibility index (Phi) is 4.71. The number of fused-ring (bicyclic) bond motifs is 1. The van der Waals surface area contributed by atoms with Crippen LogP contribution in [0.25, 0.3) is 5.78 Å². The Hall–Kier alpha value is -1.65. The van der Waals surface area contributed by atoms with Crippen LogP contribution in [0.3, 0.4) is 0 Å². The summed E-state index contributed by atoms with van der Waals surface area (Å²) >= 11 is 0. The zero-order chi connectivity index (χ0) is 13.7. The minimum atomic E-state index is 0.601. The molecule has 5 nitrogen and oxygen atoms in total. The monoisotopic (exact) mass is 261 g/mol. The van der Waals surface area contributed by atoms with Crippen LogP contribution in [-0.4, -0.2) is 19.6 Å². The molecule has 0 aliphatic heterocycles. The summed E-state index contributed by atoms with van der Waals surface area (Å²) in [5.74, 6) is 2.06. The highest BCUT2D eigenvalue weighted by molar-refractivity contribution is 5.41. The fraction of sp³-hybridized carbons (Fsp3) is 0.643. The van der Waals surface area contributed by atoms with Crippen LogP contribution >= 0.6 is 0 Å². The lowest BCUT2D eigenvalue weighted by Crippen LogP contribution is -2.01. The smallest absolute Gasteiger partial charge is 0.254 e. The summed E-state index contributed by atoms with van der Waals surface area (Å²) in [4.78, 5) is 8.76. The van der Waals surface area contributed by atoms with Crippen LogP contribution in [-0.2, 0) is 6.42 Å². The molecule has 2 aromatic heterocycles. The van der Waals surface area contributed by atoms with Gasteiger partial charge in [-0.3, -0.25) is 0 Å². The number of unbranched alkanes of at least 4 members (excludes halogenated alkanes) is 5. The van der Waals surface area contributed by atoms with Gasteiger partial charge in [0.1, 0.15) is 5.82 Å². The van der Waals surface area contributed by atoms with E-state index in [2.05, 4.69) is 22.0 Å². The summed E-state index contributed by atoms with van der Waals surface area (Å²) in [6, 6.07) is 1.82. The second-order valence-electron chi connectivity index (χ2n) is 5.08. The molecule has 0 atom stereocenters. The lowest BCUT2D eigenvalue weighted by Gasteiger charge is -1.98. The van der Waals surface area contributed by atoms with Gasteiger partial charge in [0.25, 0.3) is 5.78 Å². The molecule has 2 aromatic rings. The Morgan fingerprint density at radius 3 is 2.63 bits per heavy atom. The van der Waals surface area contributed by atoms with Gasteiger partial charge in [-0.2, -0.15) is 9.50 Å². The Morgan fingerprint density at radius 2 is 1.84 bits per heavy atom. The second kappa shape index (κ2) is 6.50. The summed E-state index contributed by atoms with van der Waals surface area (Å²) in [6.45, 7) is 4.15. The summed E-state index contributed by atoms with van der Waals surface area (Å²) in [5, 5.41) is 4.41. The molecule has 0 aliphatic rings. The molecule has 19 heavy (non-hydrogen) atoms. The number of anilines is 1. The Balaban J connectivity index is 1.89. The van der Waals surface area contributed by atoms with E-state index < -0.39 is 0 Å². The summed E-state index contributed by atoms with van der Waals surface area (Å²) in [6.07, 6.45) is 8.57. The first-order valence-corrected chi connectivity index (χ1v) is 7.19. The lowest BCUT2D eigenvalue weighted by molar-refractivity contribution is 0.601. The molecular formula is C14H23N5. The van der Waals surface area contributed by atoms with Crippen molar-refractivity contribution >= 4 is 11.6 Å². The van der Waals surface area contributed by atoms with Gasteiger partial charge in [0, 0.05) is 18.2 Å². The highest BCUT2D eigenvalue weighted by Gasteiger charge is 2.07. The third-order valence-electron chi connectivity index (χ3n) is 3.27. The maximum absolute atomic E-state index is 5.90. The first-order valence-electron chi connectivity index (χ1n) is 7.19. The average molecular weight is 261 g/mol. The Bertz CT molecular complexity index is 532. The van der Waals surface area contributed by atoms with Crippen LogP contribution in [0, 0.1) is 6.92 Å². The van der Waals surface area contributed by atoms with Crippen LogP contribution in [0.15, 0.2) is 6.07 Å². The number of rotatable bonds is 7. The van der Waals surface area contributed by atoms with E-state index in [1.54, 1.807) is 4.52 Å². The zero-order valence-corrected chi connectivity index (χ0v) is 11.9. The van der Waals surface area contributed by atoms with Crippen molar-refractivity contribution in [1.82, 2.24) is 19.6 Å². The van der Waals surface area contributed by atoms with Crippen molar-refractivity contribution in [2.24, 2.45) is 0 Å². The maximum atomic E-state index is 5.90. The van der Waals surface area contributed by atoms with E-state index in [-0.39, 0.29) is 0 Å². The van der Waals surface area contributed by atoms with E-state index in [9.17, 15) is 0 Å². The third-order valence-corrected chi connectivity index (χ3v) is 3.27. The van der Waals surface area contributed by atoms with E-state index in [1.165, 1.54) is 32.1 Å². The first kappa shape index (κ1) is 13.8. The average Bonchev–Trinajstić information content (AvgIpc) is 2.76. The third kappa shape index (κ3) is 3.66. The summed E-state index contributed by atoms with van der Waals surface area (Å²) in [7, 11) is 0. The molecule has 0 aliphatic carbocycles. The van der Waals surface area contributed by atoms with Gasteiger partial charge in [0.2, 0.25) is 0 Å². The lowest BCUT2D eigenvalue weighted by atomic mass is 10.1. The SMILES string of the molecule is CCCCCCCCc1nc2nc(C)cc(N)n2n1. The highest BCUT2D eigenvalue weighted by atomic mass is 15.3.